The molecular weight excluding hydrogens is 250 g/mol. The van der Waals surface area contributed by atoms with Crippen LogP contribution in [-0.4, -0.2) is 22.1 Å². The summed E-state index contributed by atoms with van der Waals surface area (Å²) in [7, 11) is 0. The zero-order chi connectivity index (χ0) is 13.1. The SMILES string of the molecule is CC(C)CCNC(=O)c1nn2ccccc2c1Cl. The first-order valence-corrected chi connectivity index (χ1v) is 6.38. The fourth-order valence-corrected chi connectivity index (χ4v) is 1.94. The van der Waals surface area contributed by atoms with Gasteiger partial charge in [-0.25, -0.2) is 4.52 Å². The summed E-state index contributed by atoms with van der Waals surface area (Å²) >= 11 is 6.15. The Morgan fingerprint density at radius 3 is 2.94 bits per heavy atom. The fourth-order valence-electron chi connectivity index (χ4n) is 1.67. The van der Waals surface area contributed by atoms with Crippen molar-refractivity contribution in [1.29, 1.82) is 0 Å². The van der Waals surface area contributed by atoms with E-state index in [9.17, 15) is 4.79 Å². The molecule has 2 aromatic heterocycles. The smallest absolute Gasteiger partial charge is 0.273 e. The number of rotatable bonds is 4. The minimum absolute atomic E-state index is 0.218. The van der Waals surface area contributed by atoms with E-state index in [1.54, 1.807) is 10.7 Å². The second-order valence-corrected chi connectivity index (χ2v) is 5.01. The van der Waals surface area contributed by atoms with Crippen LogP contribution in [0.25, 0.3) is 5.52 Å². The van der Waals surface area contributed by atoms with Gasteiger partial charge in [0.05, 0.1) is 10.5 Å². The van der Waals surface area contributed by atoms with E-state index in [0.29, 0.717) is 17.5 Å². The van der Waals surface area contributed by atoms with Gasteiger partial charge in [0.2, 0.25) is 0 Å². The molecule has 0 saturated heterocycles. The Kier molecular flexibility index (Phi) is 3.87. The molecule has 2 aromatic rings. The number of fused-ring (bicyclic) bond motifs is 1. The number of amides is 1. The number of halogens is 1. The summed E-state index contributed by atoms with van der Waals surface area (Å²) in [6.07, 6.45) is 2.71. The first-order valence-electron chi connectivity index (χ1n) is 6.00. The van der Waals surface area contributed by atoms with E-state index in [1.165, 1.54) is 0 Å². The van der Waals surface area contributed by atoms with Crippen LogP contribution in [0.5, 0.6) is 0 Å². The lowest BCUT2D eigenvalue weighted by atomic mass is 10.1. The van der Waals surface area contributed by atoms with Crippen molar-refractivity contribution in [2.24, 2.45) is 5.92 Å². The van der Waals surface area contributed by atoms with E-state index in [2.05, 4.69) is 24.3 Å². The molecule has 5 heteroatoms. The standard InChI is InChI=1S/C13H16ClN3O/c1-9(2)6-7-15-13(18)12-11(14)10-5-3-4-8-17(10)16-12/h3-5,8-9H,6-7H2,1-2H3,(H,15,18). The van der Waals surface area contributed by atoms with Gasteiger partial charge in [-0.15, -0.1) is 0 Å². The van der Waals surface area contributed by atoms with E-state index < -0.39 is 0 Å². The second kappa shape index (κ2) is 5.40. The van der Waals surface area contributed by atoms with Gasteiger partial charge in [-0.05, 0) is 24.5 Å². The zero-order valence-electron chi connectivity index (χ0n) is 10.5. The van der Waals surface area contributed by atoms with Crippen LogP contribution in [0.2, 0.25) is 5.02 Å². The third-order valence-electron chi connectivity index (χ3n) is 2.70. The molecule has 0 bridgehead atoms. The minimum Gasteiger partial charge on any atom is -0.351 e. The highest BCUT2D eigenvalue weighted by molar-refractivity contribution is 6.36. The van der Waals surface area contributed by atoms with Crippen LogP contribution in [-0.2, 0) is 0 Å². The largest absolute Gasteiger partial charge is 0.351 e. The molecule has 18 heavy (non-hydrogen) atoms. The number of nitrogens with one attached hydrogen (secondary N) is 1. The molecule has 0 unspecified atom stereocenters. The quantitative estimate of drug-likeness (QED) is 0.924. The maximum absolute atomic E-state index is 11.9. The zero-order valence-corrected chi connectivity index (χ0v) is 11.2. The molecule has 2 heterocycles. The van der Waals surface area contributed by atoms with E-state index in [0.717, 1.165) is 11.9 Å². The van der Waals surface area contributed by atoms with Gasteiger partial charge < -0.3 is 5.32 Å². The predicted octanol–water partition coefficient (Wildman–Crippen LogP) is 2.76. The molecule has 0 spiro atoms. The lowest BCUT2D eigenvalue weighted by molar-refractivity contribution is 0.0947. The third kappa shape index (κ3) is 2.64. The van der Waals surface area contributed by atoms with Crippen molar-refractivity contribution in [3.63, 3.8) is 0 Å². The van der Waals surface area contributed by atoms with E-state index >= 15 is 0 Å². The number of nitrogens with zero attached hydrogens (tertiary/aromatic N) is 2. The van der Waals surface area contributed by atoms with Crippen LogP contribution in [0.1, 0.15) is 30.8 Å². The number of carbonyl (C=O) groups is 1. The molecule has 0 aliphatic heterocycles. The van der Waals surface area contributed by atoms with Crippen molar-refractivity contribution in [3.05, 3.63) is 35.1 Å². The van der Waals surface area contributed by atoms with Crippen molar-refractivity contribution in [2.75, 3.05) is 6.54 Å². The van der Waals surface area contributed by atoms with Gasteiger partial charge in [0, 0.05) is 12.7 Å². The Morgan fingerprint density at radius 2 is 2.28 bits per heavy atom. The van der Waals surface area contributed by atoms with Gasteiger partial charge in [0.15, 0.2) is 5.69 Å². The van der Waals surface area contributed by atoms with Crippen LogP contribution < -0.4 is 5.32 Å². The van der Waals surface area contributed by atoms with Crippen molar-refractivity contribution in [3.8, 4) is 0 Å². The molecule has 0 atom stereocenters. The average molecular weight is 266 g/mol. The van der Waals surface area contributed by atoms with Crippen LogP contribution in [0.3, 0.4) is 0 Å². The molecule has 0 fully saturated rings. The van der Waals surface area contributed by atoms with Crippen molar-refractivity contribution < 1.29 is 4.79 Å². The Labute approximate surface area is 111 Å². The topological polar surface area (TPSA) is 46.4 Å². The number of carbonyl (C=O) groups excluding carboxylic acids is 1. The summed E-state index contributed by atoms with van der Waals surface area (Å²) in [5.41, 5.74) is 1.03. The molecule has 0 radical (unpaired) electrons. The van der Waals surface area contributed by atoms with Crippen LogP contribution in [0.4, 0.5) is 0 Å². The van der Waals surface area contributed by atoms with Gasteiger partial charge >= 0.3 is 0 Å². The highest BCUT2D eigenvalue weighted by atomic mass is 35.5. The third-order valence-corrected chi connectivity index (χ3v) is 3.07. The Morgan fingerprint density at radius 1 is 1.50 bits per heavy atom. The number of hydrogen-bond acceptors (Lipinski definition) is 2. The van der Waals surface area contributed by atoms with Gasteiger partial charge in [0.1, 0.15) is 0 Å². The summed E-state index contributed by atoms with van der Waals surface area (Å²) in [5, 5.41) is 7.42. The highest BCUT2D eigenvalue weighted by Crippen LogP contribution is 2.21. The Balaban J connectivity index is 2.15. The first kappa shape index (κ1) is 12.9. The number of aromatic nitrogens is 2. The normalized spacial score (nSPS) is 11.1. The molecule has 0 aromatic carbocycles. The van der Waals surface area contributed by atoms with Gasteiger partial charge in [-0.2, -0.15) is 5.10 Å². The number of pyridine rings is 1. The molecule has 4 nitrogen and oxygen atoms in total. The van der Waals surface area contributed by atoms with Crippen LogP contribution >= 0.6 is 11.6 Å². The molecule has 96 valence electrons. The maximum Gasteiger partial charge on any atom is 0.273 e. The minimum atomic E-state index is -0.218. The number of hydrogen-bond donors (Lipinski definition) is 1. The van der Waals surface area contributed by atoms with Crippen LogP contribution in [0.15, 0.2) is 24.4 Å². The molecule has 2 rings (SSSR count). The van der Waals surface area contributed by atoms with E-state index in [1.807, 2.05) is 18.2 Å². The Hall–Kier alpha value is -1.55. The van der Waals surface area contributed by atoms with Crippen LogP contribution in [0, 0.1) is 5.92 Å². The molecule has 0 saturated carbocycles. The summed E-state index contributed by atoms with van der Waals surface area (Å²) in [6, 6.07) is 5.54. The molecule has 1 amide bonds. The second-order valence-electron chi connectivity index (χ2n) is 4.63. The lowest BCUT2D eigenvalue weighted by Gasteiger charge is -2.05. The van der Waals surface area contributed by atoms with Crippen molar-refractivity contribution >= 4 is 23.0 Å². The van der Waals surface area contributed by atoms with E-state index in [4.69, 9.17) is 11.6 Å². The average Bonchev–Trinajstić information content (AvgIpc) is 2.67. The molecule has 0 aliphatic carbocycles. The summed E-state index contributed by atoms with van der Waals surface area (Å²) in [5.74, 6) is 0.339. The molecule has 0 aliphatic rings. The van der Waals surface area contributed by atoms with Crippen molar-refractivity contribution in [1.82, 2.24) is 14.9 Å². The molecule has 1 N–H and O–H groups in total. The van der Waals surface area contributed by atoms with Crippen molar-refractivity contribution in [2.45, 2.75) is 20.3 Å². The van der Waals surface area contributed by atoms with E-state index in [-0.39, 0.29) is 11.6 Å². The maximum atomic E-state index is 11.9. The Bertz CT molecular complexity index is 562. The summed E-state index contributed by atoms with van der Waals surface area (Å²) in [6.45, 7) is 4.87. The monoisotopic (exact) mass is 265 g/mol. The lowest BCUT2D eigenvalue weighted by Crippen LogP contribution is -2.26. The molecular formula is C13H16ClN3O. The highest BCUT2D eigenvalue weighted by Gasteiger charge is 2.17. The van der Waals surface area contributed by atoms with Gasteiger partial charge in [0.25, 0.3) is 5.91 Å². The predicted molar refractivity (Wildman–Crippen MR) is 72.0 cm³/mol. The summed E-state index contributed by atoms with van der Waals surface area (Å²) < 4.78 is 1.61. The fraction of sp³-hybridized carbons (Fsp3) is 0.385. The first-order chi connectivity index (χ1) is 8.59. The van der Waals surface area contributed by atoms with Gasteiger partial charge in [-0.3, -0.25) is 4.79 Å². The van der Waals surface area contributed by atoms with Gasteiger partial charge in [-0.1, -0.05) is 31.5 Å². The summed E-state index contributed by atoms with van der Waals surface area (Å²) in [4.78, 5) is 11.9.